The van der Waals surface area contributed by atoms with Gasteiger partial charge in [-0.25, -0.2) is 4.98 Å². The maximum absolute atomic E-state index is 5.85. The van der Waals surface area contributed by atoms with E-state index in [1.165, 1.54) is 10.5 Å². The van der Waals surface area contributed by atoms with Crippen molar-refractivity contribution in [1.29, 1.82) is 0 Å². The minimum atomic E-state index is 0.403. The summed E-state index contributed by atoms with van der Waals surface area (Å²) in [4.78, 5) is 6.10. The number of aromatic nitrogens is 1. The lowest BCUT2D eigenvalue weighted by molar-refractivity contribution is 0.610. The lowest BCUT2D eigenvalue weighted by Gasteiger charge is -2.09. The Bertz CT molecular complexity index is 520. The van der Waals surface area contributed by atoms with Crippen LogP contribution in [0.15, 0.2) is 34.5 Å². The molecule has 2 aromatic rings. The molecule has 1 unspecified atom stereocenters. The molecule has 2 nitrogen and oxygen atoms in total. The Labute approximate surface area is 129 Å². The molecule has 2 N–H and O–H groups in total. The lowest BCUT2D eigenvalue weighted by atomic mass is 10.0. The van der Waals surface area contributed by atoms with Crippen LogP contribution in [0.4, 0.5) is 0 Å². The number of thioether (sulfide) groups is 1. The summed E-state index contributed by atoms with van der Waals surface area (Å²) in [5.41, 5.74) is 8.21. The highest BCUT2D eigenvalue weighted by Crippen LogP contribution is 2.30. The van der Waals surface area contributed by atoms with Crippen molar-refractivity contribution in [1.82, 2.24) is 4.98 Å². The largest absolute Gasteiger partial charge is 0.330 e. The summed E-state index contributed by atoms with van der Waals surface area (Å²) in [5, 5.41) is 3.26. The van der Waals surface area contributed by atoms with E-state index in [1.54, 1.807) is 11.3 Å². The van der Waals surface area contributed by atoms with Crippen molar-refractivity contribution >= 4 is 23.1 Å². The molecule has 0 aliphatic carbocycles. The first-order chi connectivity index (χ1) is 9.78. The van der Waals surface area contributed by atoms with Gasteiger partial charge < -0.3 is 5.73 Å². The molecule has 1 heterocycles. The van der Waals surface area contributed by atoms with Crippen LogP contribution >= 0.6 is 23.1 Å². The van der Waals surface area contributed by atoms with Gasteiger partial charge in [0.25, 0.3) is 0 Å². The molecule has 4 heteroatoms. The molecule has 1 atom stereocenters. The summed E-state index contributed by atoms with van der Waals surface area (Å²) in [6.07, 6.45) is 2.27. The second kappa shape index (κ2) is 7.81. The van der Waals surface area contributed by atoms with Crippen LogP contribution in [0.1, 0.15) is 38.3 Å². The third-order valence-corrected chi connectivity index (χ3v) is 5.08. The van der Waals surface area contributed by atoms with Gasteiger partial charge in [-0.3, -0.25) is 0 Å². The van der Waals surface area contributed by atoms with Gasteiger partial charge in [-0.15, -0.1) is 23.1 Å². The van der Waals surface area contributed by atoms with E-state index in [4.69, 9.17) is 10.7 Å². The van der Waals surface area contributed by atoms with E-state index >= 15 is 0 Å². The quantitative estimate of drug-likeness (QED) is 0.749. The molecule has 0 spiro atoms. The van der Waals surface area contributed by atoms with Crippen LogP contribution in [0.3, 0.4) is 0 Å². The number of benzene rings is 1. The van der Waals surface area contributed by atoms with Crippen molar-refractivity contribution in [2.75, 3.05) is 12.3 Å². The minimum Gasteiger partial charge on any atom is -0.330 e. The second-order valence-corrected chi connectivity index (χ2v) is 6.95. The number of nitrogens with zero attached hydrogens (tertiary/aromatic N) is 1. The number of rotatable bonds is 7. The molecule has 1 aromatic heterocycles. The molecular weight excluding hydrogens is 284 g/mol. The first-order valence-electron chi connectivity index (χ1n) is 7.17. The van der Waals surface area contributed by atoms with Crippen molar-refractivity contribution < 1.29 is 0 Å². The van der Waals surface area contributed by atoms with Crippen LogP contribution in [0.5, 0.6) is 0 Å². The van der Waals surface area contributed by atoms with Crippen LogP contribution in [-0.2, 0) is 0 Å². The standard InChI is InChI=1S/C16H22N2S2/c1-3-5-13(10-17)15-11-20-16(18-15)12-6-8-14(9-7-12)19-4-2/h6-9,11,13H,3-5,10,17H2,1-2H3. The molecule has 0 fully saturated rings. The van der Waals surface area contributed by atoms with Gasteiger partial charge in [-0.05, 0) is 24.3 Å². The van der Waals surface area contributed by atoms with Crippen LogP contribution in [0.2, 0.25) is 0 Å². The van der Waals surface area contributed by atoms with Gasteiger partial charge in [-0.2, -0.15) is 0 Å². The summed E-state index contributed by atoms with van der Waals surface area (Å²) in [6, 6.07) is 8.68. The third-order valence-electron chi connectivity index (χ3n) is 3.27. The molecule has 2 rings (SSSR count). The smallest absolute Gasteiger partial charge is 0.123 e. The molecule has 1 aromatic carbocycles. The van der Waals surface area contributed by atoms with Gasteiger partial charge in [0.15, 0.2) is 0 Å². The lowest BCUT2D eigenvalue weighted by Crippen LogP contribution is -2.12. The van der Waals surface area contributed by atoms with E-state index in [0.717, 1.165) is 29.3 Å². The SMILES string of the molecule is CCCC(CN)c1csc(-c2ccc(SCC)cc2)n1. The predicted octanol–water partition coefficient (Wildman–Crippen LogP) is 4.76. The molecule has 0 amide bonds. The molecule has 20 heavy (non-hydrogen) atoms. The second-order valence-electron chi connectivity index (χ2n) is 4.76. The Morgan fingerprint density at radius 3 is 2.60 bits per heavy atom. The van der Waals surface area contributed by atoms with E-state index in [9.17, 15) is 0 Å². The van der Waals surface area contributed by atoms with E-state index in [-0.39, 0.29) is 0 Å². The number of nitrogens with two attached hydrogens (primary N) is 1. The summed E-state index contributed by atoms with van der Waals surface area (Å²) < 4.78 is 0. The summed E-state index contributed by atoms with van der Waals surface area (Å²) in [6.45, 7) is 5.05. The highest BCUT2D eigenvalue weighted by molar-refractivity contribution is 7.99. The first kappa shape index (κ1) is 15.5. The van der Waals surface area contributed by atoms with E-state index < -0.39 is 0 Å². The van der Waals surface area contributed by atoms with Gasteiger partial charge in [0.05, 0.1) is 5.69 Å². The fourth-order valence-corrected chi connectivity index (χ4v) is 3.77. The van der Waals surface area contributed by atoms with Gasteiger partial charge >= 0.3 is 0 Å². The number of hydrogen-bond acceptors (Lipinski definition) is 4. The Balaban J connectivity index is 2.15. The number of hydrogen-bond donors (Lipinski definition) is 1. The highest BCUT2D eigenvalue weighted by Gasteiger charge is 2.13. The van der Waals surface area contributed by atoms with Gasteiger partial charge in [0.1, 0.15) is 5.01 Å². The van der Waals surface area contributed by atoms with Gasteiger partial charge in [-0.1, -0.05) is 32.4 Å². The molecule has 0 saturated heterocycles. The molecule has 108 valence electrons. The fraction of sp³-hybridized carbons (Fsp3) is 0.438. The third kappa shape index (κ3) is 3.84. The van der Waals surface area contributed by atoms with Crippen molar-refractivity contribution in [3.63, 3.8) is 0 Å². The van der Waals surface area contributed by atoms with Gasteiger partial charge in [0.2, 0.25) is 0 Å². The van der Waals surface area contributed by atoms with Gasteiger partial charge in [0, 0.05) is 28.3 Å². The molecule has 0 radical (unpaired) electrons. The van der Waals surface area contributed by atoms with E-state index in [0.29, 0.717) is 12.5 Å². The average molecular weight is 306 g/mol. The van der Waals surface area contributed by atoms with Crippen LogP contribution < -0.4 is 5.73 Å². The van der Waals surface area contributed by atoms with Crippen LogP contribution in [0.25, 0.3) is 10.6 Å². The summed E-state index contributed by atoms with van der Waals surface area (Å²) in [7, 11) is 0. The van der Waals surface area contributed by atoms with E-state index in [1.807, 2.05) is 11.8 Å². The summed E-state index contributed by atoms with van der Waals surface area (Å²) >= 11 is 3.58. The minimum absolute atomic E-state index is 0.403. The van der Waals surface area contributed by atoms with Crippen LogP contribution in [-0.4, -0.2) is 17.3 Å². The topological polar surface area (TPSA) is 38.9 Å². The normalized spacial score (nSPS) is 12.6. The highest BCUT2D eigenvalue weighted by atomic mass is 32.2. The Morgan fingerprint density at radius 1 is 1.25 bits per heavy atom. The maximum atomic E-state index is 5.85. The van der Waals surface area contributed by atoms with Crippen molar-refractivity contribution in [2.45, 2.75) is 37.5 Å². The molecule has 0 aliphatic heterocycles. The zero-order valence-electron chi connectivity index (χ0n) is 12.1. The maximum Gasteiger partial charge on any atom is 0.123 e. The Kier molecular flexibility index (Phi) is 6.07. The molecular formula is C16H22N2S2. The van der Waals surface area contributed by atoms with Crippen molar-refractivity contribution in [3.8, 4) is 10.6 Å². The Morgan fingerprint density at radius 2 is 2.00 bits per heavy atom. The zero-order chi connectivity index (χ0) is 14.4. The monoisotopic (exact) mass is 306 g/mol. The summed E-state index contributed by atoms with van der Waals surface area (Å²) in [5.74, 6) is 1.51. The average Bonchev–Trinajstić information content (AvgIpc) is 2.95. The zero-order valence-corrected chi connectivity index (χ0v) is 13.8. The predicted molar refractivity (Wildman–Crippen MR) is 90.7 cm³/mol. The first-order valence-corrected chi connectivity index (χ1v) is 9.03. The molecule has 0 saturated carbocycles. The molecule has 0 aliphatic rings. The molecule has 0 bridgehead atoms. The van der Waals surface area contributed by atoms with Crippen molar-refractivity contribution in [3.05, 3.63) is 35.3 Å². The van der Waals surface area contributed by atoms with Crippen molar-refractivity contribution in [2.24, 2.45) is 5.73 Å². The van der Waals surface area contributed by atoms with E-state index in [2.05, 4.69) is 43.5 Å². The number of thiazole rings is 1. The van der Waals surface area contributed by atoms with Crippen LogP contribution in [0, 0.1) is 0 Å². The Hall–Kier alpha value is -0.840. The fourth-order valence-electron chi connectivity index (χ4n) is 2.20.